The highest BCUT2D eigenvalue weighted by Gasteiger charge is 2.14. The highest BCUT2D eigenvalue weighted by atomic mass is 32.1. The number of carbonyl (C=O) groups excluding carboxylic acids is 1. The van der Waals surface area contributed by atoms with E-state index in [1.165, 1.54) is 22.2 Å². The largest absolute Gasteiger partial charge is 0.286 e. The summed E-state index contributed by atoms with van der Waals surface area (Å²) in [6, 6.07) is 0. The predicted octanol–water partition coefficient (Wildman–Crippen LogP) is 0.503. The maximum absolute atomic E-state index is 11.7. The number of thiazole rings is 1. The van der Waals surface area contributed by atoms with Gasteiger partial charge in [-0.15, -0.1) is 16.4 Å². The molecule has 0 aliphatic carbocycles. The summed E-state index contributed by atoms with van der Waals surface area (Å²) >= 11 is 1.31. The molecule has 0 spiro atoms. The molecule has 0 unspecified atom stereocenters. The van der Waals surface area contributed by atoms with Crippen LogP contribution >= 0.6 is 11.3 Å². The van der Waals surface area contributed by atoms with Crippen LogP contribution < -0.4 is 0 Å². The summed E-state index contributed by atoms with van der Waals surface area (Å²) in [4.78, 5) is 16.1. The summed E-state index contributed by atoms with van der Waals surface area (Å²) in [6.45, 7) is 0. The van der Waals surface area contributed by atoms with Crippen molar-refractivity contribution in [2.75, 3.05) is 0 Å². The van der Waals surface area contributed by atoms with Gasteiger partial charge in [0.25, 0.3) is 0 Å². The van der Waals surface area contributed by atoms with Crippen molar-refractivity contribution in [3.8, 4) is 0 Å². The fourth-order valence-corrected chi connectivity index (χ4v) is 1.52. The van der Waals surface area contributed by atoms with Crippen molar-refractivity contribution >= 4 is 17.1 Å². The second-order valence-electron chi connectivity index (χ2n) is 2.44. The molecule has 0 aromatic carbocycles. The molecule has 0 saturated carbocycles. The number of rotatable bonds is 2. The normalized spacial score (nSPS) is 10.2. The van der Waals surface area contributed by atoms with E-state index >= 15 is 0 Å². The number of carbonyl (C=O) groups is 1. The topological polar surface area (TPSA) is 60.7 Å². The Morgan fingerprint density at radius 2 is 2.38 bits per heavy atom. The minimum atomic E-state index is -0.0880. The van der Waals surface area contributed by atoms with Crippen molar-refractivity contribution in [2.45, 2.75) is 0 Å². The van der Waals surface area contributed by atoms with E-state index in [1.807, 2.05) is 0 Å². The minimum Gasteiger partial charge on any atom is -0.286 e. The Kier molecular flexibility index (Phi) is 1.90. The molecule has 2 heterocycles. The first-order chi connectivity index (χ1) is 6.29. The van der Waals surface area contributed by atoms with Gasteiger partial charge in [-0.2, -0.15) is 0 Å². The number of ketones is 1. The maximum atomic E-state index is 11.7. The van der Waals surface area contributed by atoms with Crippen LogP contribution in [0.3, 0.4) is 0 Å². The van der Waals surface area contributed by atoms with Crippen LogP contribution in [0.1, 0.15) is 15.4 Å². The van der Waals surface area contributed by atoms with Gasteiger partial charge in [0.2, 0.25) is 5.78 Å². The summed E-state index contributed by atoms with van der Waals surface area (Å²) in [6.07, 6.45) is 2.99. The first-order valence-corrected chi connectivity index (χ1v) is 4.45. The molecule has 0 aliphatic rings. The summed E-state index contributed by atoms with van der Waals surface area (Å²) in [5, 5.41) is 7.31. The van der Waals surface area contributed by atoms with Crippen LogP contribution in [0.5, 0.6) is 0 Å². The van der Waals surface area contributed by atoms with Crippen LogP contribution in [0.25, 0.3) is 0 Å². The molecule has 2 aromatic rings. The second kappa shape index (κ2) is 3.06. The number of aryl methyl sites for hydroxylation is 1. The van der Waals surface area contributed by atoms with Crippen molar-refractivity contribution < 1.29 is 4.79 Å². The third-order valence-corrected chi connectivity index (χ3v) is 2.38. The van der Waals surface area contributed by atoms with Gasteiger partial charge in [0, 0.05) is 13.2 Å². The Bertz CT molecular complexity index is 419. The molecule has 2 aromatic heterocycles. The van der Waals surface area contributed by atoms with Gasteiger partial charge in [-0.05, 0) is 0 Å². The Balaban J connectivity index is 2.39. The zero-order valence-electron chi connectivity index (χ0n) is 6.84. The van der Waals surface area contributed by atoms with Gasteiger partial charge >= 0.3 is 0 Å². The molecule has 0 N–H and O–H groups in total. The molecular weight excluding hydrogens is 188 g/mol. The van der Waals surface area contributed by atoms with Crippen molar-refractivity contribution in [3.05, 3.63) is 28.5 Å². The minimum absolute atomic E-state index is 0.0880. The second-order valence-corrected chi connectivity index (χ2v) is 3.32. The summed E-state index contributed by atoms with van der Waals surface area (Å²) in [5.74, 6) is -0.0880. The number of hydrogen-bond donors (Lipinski definition) is 0. The SMILES string of the molecule is Cn1nncc1C(=O)c1cncs1. The van der Waals surface area contributed by atoms with E-state index in [1.54, 1.807) is 18.8 Å². The molecule has 0 fully saturated rings. The van der Waals surface area contributed by atoms with Gasteiger partial charge in [0.1, 0.15) is 5.69 Å². The fourth-order valence-electron chi connectivity index (χ4n) is 0.949. The zero-order valence-corrected chi connectivity index (χ0v) is 7.65. The first-order valence-electron chi connectivity index (χ1n) is 3.57. The predicted molar refractivity (Wildman–Crippen MR) is 46.5 cm³/mol. The van der Waals surface area contributed by atoms with Crippen LogP contribution in [-0.4, -0.2) is 25.8 Å². The molecule has 5 nitrogen and oxygen atoms in total. The number of aromatic nitrogens is 4. The fraction of sp³-hybridized carbons (Fsp3) is 0.143. The Morgan fingerprint density at radius 1 is 1.54 bits per heavy atom. The molecule has 0 saturated heterocycles. The zero-order chi connectivity index (χ0) is 9.26. The van der Waals surface area contributed by atoms with Crippen molar-refractivity contribution in [1.29, 1.82) is 0 Å². The lowest BCUT2D eigenvalue weighted by molar-refractivity contribution is 0.103. The molecule has 6 heteroatoms. The van der Waals surface area contributed by atoms with Crippen LogP contribution in [0, 0.1) is 0 Å². The molecule has 0 atom stereocenters. The van der Waals surface area contributed by atoms with Gasteiger partial charge in [0.15, 0.2) is 0 Å². The lowest BCUT2D eigenvalue weighted by atomic mass is 10.3. The van der Waals surface area contributed by atoms with Gasteiger partial charge in [-0.25, -0.2) is 4.68 Å². The Hall–Kier alpha value is -1.56. The monoisotopic (exact) mass is 194 g/mol. The third kappa shape index (κ3) is 1.35. The summed E-state index contributed by atoms with van der Waals surface area (Å²) < 4.78 is 1.45. The Morgan fingerprint density at radius 3 is 2.92 bits per heavy atom. The van der Waals surface area contributed by atoms with Crippen LogP contribution in [0.4, 0.5) is 0 Å². The van der Waals surface area contributed by atoms with E-state index in [4.69, 9.17) is 0 Å². The van der Waals surface area contributed by atoms with Crippen molar-refractivity contribution in [2.24, 2.45) is 7.05 Å². The van der Waals surface area contributed by atoms with Gasteiger partial charge in [-0.3, -0.25) is 9.78 Å². The number of hydrogen-bond acceptors (Lipinski definition) is 5. The molecule has 13 heavy (non-hydrogen) atoms. The van der Waals surface area contributed by atoms with E-state index in [0.29, 0.717) is 10.6 Å². The maximum Gasteiger partial charge on any atom is 0.224 e. The van der Waals surface area contributed by atoms with Crippen LogP contribution in [-0.2, 0) is 7.05 Å². The summed E-state index contributed by atoms with van der Waals surface area (Å²) in [5.41, 5.74) is 2.10. The number of nitrogens with zero attached hydrogens (tertiary/aromatic N) is 4. The Labute approximate surface area is 78.0 Å². The van der Waals surface area contributed by atoms with Gasteiger partial charge < -0.3 is 0 Å². The molecule has 66 valence electrons. The third-order valence-electron chi connectivity index (χ3n) is 1.60. The van der Waals surface area contributed by atoms with Gasteiger partial charge in [0.05, 0.1) is 16.6 Å². The van der Waals surface area contributed by atoms with E-state index in [2.05, 4.69) is 15.3 Å². The van der Waals surface area contributed by atoms with Crippen molar-refractivity contribution in [1.82, 2.24) is 20.0 Å². The first kappa shape index (κ1) is 8.06. The van der Waals surface area contributed by atoms with E-state index in [9.17, 15) is 4.79 Å². The van der Waals surface area contributed by atoms with Crippen molar-refractivity contribution in [3.63, 3.8) is 0 Å². The molecule has 0 aliphatic heterocycles. The standard InChI is InChI=1S/C7H6N4OS/c1-11-5(2-9-10-11)7(12)6-3-8-4-13-6/h2-4H,1H3. The van der Waals surface area contributed by atoms with Crippen LogP contribution in [0.2, 0.25) is 0 Å². The van der Waals surface area contributed by atoms with E-state index in [-0.39, 0.29) is 5.78 Å². The lowest BCUT2D eigenvalue weighted by Crippen LogP contribution is -2.06. The van der Waals surface area contributed by atoms with E-state index in [0.717, 1.165) is 0 Å². The average Bonchev–Trinajstić information content (AvgIpc) is 2.72. The van der Waals surface area contributed by atoms with E-state index < -0.39 is 0 Å². The molecule has 0 amide bonds. The molecule has 0 bridgehead atoms. The smallest absolute Gasteiger partial charge is 0.224 e. The highest BCUT2D eigenvalue weighted by molar-refractivity contribution is 7.11. The molecule has 0 radical (unpaired) electrons. The molecular formula is C7H6N4OS. The quantitative estimate of drug-likeness (QED) is 0.653. The molecule has 2 rings (SSSR count). The average molecular weight is 194 g/mol. The lowest BCUT2D eigenvalue weighted by Gasteiger charge is -1.94. The highest BCUT2D eigenvalue weighted by Crippen LogP contribution is 2.11. The summed E-state index contributed by atoms with van der Waals surface area (Å²) in [7, 11) is 1.68. The van der Waals surface area contributed by atoms with Gasteiger partial charge in [-0.1, -0.05) is 5.21 Å². The van der Waals surface area contributed by atoms with Crippen LogP contribution in [0.15, 0.2) is 17.9 Å².